The molecule has 1 N–H and O–H groups in total. The van der Waals surface area contributed by atoms with Crippen molar-refractivity contribution < 1.29 is 4.79 Å². The number of halogens is 1. The fourth-order valence-corrected chi connectivity index (χ4v) is 2.87. The van der Waals surface area contributed by atoms with Crippen LogP contribution in [0.1, 0.15) is 10.4 Å². The van der Waals surface area contributed by atoms with Gasteiger partial charge in [0.1, 0.15) is 0 Å². The van der Waals surface area contributed by atoms with Gasteiger partial charge in [0.25, 0.3) is 5.91 Å². The third-order valence-corrected chi connectivity index (χ3v) is 5.09. The number of benzene rings is 1. The highest BCUT2D eigenvalue weighted by Gasteiger charge is 2.12. The van der Waals surface area contributed by atoms with Crippen LogP contribution in [0.25, 0.3) is 22.2 Å². The zero-order valence-corrected chi connectivity index (χ0v) is 16.1. The zero-order valence-electron chi connectivity index (χ0n) is 13.9. The molecular weight excluding hydrogens is 427 g/mol. The van der Waals surface area contributed by atoms with Gasteiger partial charge in [0.05, 0.1) is 21.3 Å². The molecule has 0 saturated heterocycles. The standard InChI is InChI=1S/C19H19IN4O/c1-24(13-20)12-11-22-19(25)16-4-2-3-15-5-6-17(23-18(15)16)14-7-9-21-10-8-14/h2-10H,11-13H2,1H3,(H,22,25). The topological polar surface area (TPSA) is 58.1 Å². The average molecular weight is 446 g/mol. The Morgan fingerprint density at radius 1 is 1.16 bits per heavy atom. The van der Waals surface area contributed by atoms with Crippen molar-refractivity contribution in [1.82, 2.24) is 20.2 Å². The molecule has 2 aromatic heterocycles. The van der Waals surface area contributed by atoms with E-state index in [1.54, 1.807) is 12.4 Å². The van der Waals surface area contributed by atoms with Gasteiger partial charge in [-0.25, -0.2) is 4.98 Å². The van der Waals surface area contributed by atoms with Gasteiger partial charge < -0.3 is 5.32 Å². The SMILES string of the molecule is CN(CI)CCNC(=O)c1cccc2ccc(-c3ccncc3)nc12. The summed E-state index contributed by atoms with van der Waals surface area (Å²) in [4.78, 5) is 23.5. The van der Waals surface area contributed by atoms with Crippen LogP contribution in [0.2, 0.25) is 0 Å². The van der Waals surface area contributed by atoms with Gasteiger partial charge in [-0.2, -0.15) is 0 Å². The molecule has 5 nitrogen and oxygen atoms in total. The molecule has 128 valence electrons. The van der Waals surface area contributed by atoms with Crippen LogP contribution in [0, 0.1) is 0 Å². The van der Waals surface area contributed by atoms with Crippen LogP contribution >= 0.6 is 22.6 Å². The van der Waals surface area contributed by atoms with E-state index >= 15 is 0 Å². The second kappa shape index (κ2) is 8.35. The van der Waals surface area contributed by atoms with Crippen LogP contribution < -0.4 is 5.32 Å². The average Bonchev–Trinajstić information content (AvgIpc) is 2.67. The molecule has 0 unspecified atom stereocenters. The van der Waals surface area contributed by atoms with Crippen LogP contribution in [0.15, 0.2) is 54.9 Å². The number of pyridine rings is 2. The summed E-state index contributed by atoms with van der Waals surface area (Å²) in [5.41, 5.74) is 3.14. The second-order valence-corrected chi connectivity index (χ2v) is 6.45. The number of likely N-dealkylation sites (N-methyl/N-ethyl adjacent to an activating group) is 1. The molecule has 0 aliphatic rings. The van der Waals surface area contributed by atoms with Crippen LogP contribution in [0.5, 0.6) is 0 Å². The molecule has 0 radical (unpaired) electrons. The summed E-state index contributed by atoms with van der Waals surface area (Å²) < 4.78 is 0.929. The molecular formula is C19H19IN4O. The molecule has 2 heterocycles. The number of carbonyl (C=O) groups is 1. The first kappa shape index (κ1) is 17.8. The fraction of sp³-hybridized carbons (Fsp3) is 0.211. The van der Waals surface area contributed by atoms with Crippen molar-refractivity contribution in [2.24, 2.45) is 0 Å². The number of rotatable bonds is 6. The maximum Gasteiger partial charge on any atom is 0.253 e. The molecule has 3 rings (SSSR count). The number of amides is 1. The molecule has 0 aliphatic heterocycles. The Hall–Kier alpha value is -2.06. The van der Waals surface area contributed by atoms with Crippen LogP contribution in [0.3, 0.4) is 0 Å². The number of nitrogens with one attached hydrogen (secondary N) is 1. The summed E-state index contributed by atoms with van der Waals surface area (Å²) in [6.45, 7) is 1.42. The van der Waals surface area contributed by atoms with Gasteiger partial charge in [-0.3, -0.25) is 14.7 Å². The molecule has 0 saturated carbocycles. The fourth-order valence-electron chi connectivity index (χ4n) is 2.53. The minimum atomic E-state index is -0.0909. The molecule has 0 atom stereocenters. The summed E-state index contributed by atoms with van der Waals surface area (Å²) in [5.74, 6) is -0.0909. The van der Waals surface area contributed by atoms with Gasteiger partial charge in [0.15, 0.2) is 0 Å². The van der Waals surface area contributed by atoms with E-state index in [2.05, 4.69) is 37.8 Å². The lowest BCUT2D eigenvalue weighted by Crippen LogP contribution is -2.32. The third kappa shape index (κ3) is 4.32. The predicted octanol–water partition coefficient (Wildman–Crippen LogP) is 3.35. The number of alkyl halides is 1. The van der Waals surface area contributed by atoms with Crippen LogP contribution in [-0.2, 0) is 0 Å². The first-order valence-electron chi connectivity index (χ1n) is 8.02. The normalized spacial score (nSPS) is 11.0. The minimum Gasteiger partial charge on any atom is -0.351 e. The van der Waals surface area contributed by atoms with Gasteiger partial charge in [-0.05, 0) is 31.3 Å². The van der Waals surface area contributed by atoms with E-state index in [1.807, 2.05) is 49.5 Å². The second-order valence-electron chi connectivity index (χ2n) is 5.76. The van der Waals surface area contributed by atoms with Crippen molar-refractivity contribution in [1.29, 1.82) is 0 Å². The van der Waals surface area contributed by atoms with E-state index in [-0.39, 0.29) is 5.91 Å². The zero-order chi connectivity index (χ0) is 17.6. The Morgan fingerprint density at radius 2 is 1.96 bits per heavy atom. The van der Waals surface area contributed by atoms with E-state index in [0.717, 1.165) is 33.3 Å². The van der Waals surface area contributed by atoms with E-state index in [1.165, 1.54) is 0 Å². The van der Waals surface area contributed by atoms with Crippen molar-refractivity contribution in [3.05, 3.63) is 60.4 Å². The molecule has 6 heteroatoms. The Kier molecular flexibility index (Phi) is 5.93. The van der Waals surface area contributed by atoms with Crippen molar-refractivity contribution >= 4 is 39.4 Å². The largest absolute Gasteiger partial charge is 0.351 e. The van der Waals surface area contributed by atoms with Crippen LogP contribution in [-0.4, -0.2) is 45.5 Å². The van der Waals surface area contributed by atoms with Crippen molar-refractivity contribution in [3.63, 3.8) is 0 Å². The predicted molar refractivity (Wildman–Crippen MR) is 109 cm³/mol. The number of hydrogen-bond donors (Lipinski definition) is 1. The maximum atomic E-state index is 12.6. The molecule has 1 aromatic carbocycles. The highest BCUT2D eigenvalue weighted by Crippen LogP contribution is 2.22. The molecule has 0 spiro atoms. The monoisotopic (exact) mass is 446 g/mol. The van der Waals surface area contributed by atoms with E-state index in [4.69, 9.17) is 4.98 Å². The van der Waals surface area contributed by atoms with E-state index in [0.29, 0.717) is 12.1 Å². The van der Waals surface area contributed by atoms with Gasteiger partial charge in [0.2, 0.25) is 0 Å². The summed E-state index contributed by atoms with van der Waals surface area (Å²) >= 11 is 2.30. The Bertz CT molecular complexity index is 870. The Morgan fingerprint density at radius 3 is 2.72 bits per heavy atom. The number of hydrogen-bond acceptors (Lipinski definition) is 4. The number of nitrogens with zero attached hydrogens (tertiary/aromatic N) is 3. The van der Waals surface area contributed by atoms with Crippen molar-refractivity contribution in [2.75, 3.05) is 24.7 Å². The smallest absolute Gasteiger partial charge is 0.253 e. The van der Waals surface area contributed by atoms with Crippen molar-refractivity contribution in [3.8, 4) is 11.3 Å². The van der Waals surface area contributed by atoms with Crippen molar-refractivity contribution in [2.45, 2.75) is 0 Å². The summed E-state index contributed by atoms with van der Waals surface area (Å²) in [6, 6.07) is 13.5. The molecule has 3 aromatic rings. The van der Waals surface area contributed by atoms with Gasteiger partial charge in [-0.15, -0.1) is 0 Å². The minimum absolute atomic E-state index is 0.0909. The Balaban J connectivity index is 1.88. The number of fused-ring (bicyclic) bond motifs is 1. The van der Waals surface area contributed by atoms with Gasteiger partial charge >= 0.3 is 0 Å². The lowest BCUT2D eigenvalue weighted by molar-refractivity contribution is 0.0952. The molecule has 0 bridgehead atoms. The van der Waals surface area contributed by atoms with Gasteiger partial charge in [0, 0.05) is 36.4 Å². The summed E-state index contributed by atoms with van der Waals surface area (Å²) in [6.07, 6.45) is 3.48. The number of aromatic nitrogens is 2. The number of carbonyl (C=O) groups excluding carboxylic acids is 1. The summed E-state index contributed by atoms with van der Waals surface area (Å²) in [5, 5.41) is 3.94. The number of para-hydroxylation sites is 1. The third-order valence-electron chi connectivity index (χ3n) is 3.92. The molecule has 0 aliphatic carbocycles. The highest BCUT2D eigenvalue weighted by molar-refractivity contribution is 14.1. The molecule has 0 fully saturated rings. The summed E-state index contributed by atoms with van der Waals surface area (Å²) in [7, 11) is 2.03. The molecule has 25 heavy (non-hydrogen) atoms. The highest BCUT2D eigenvalue weighted by atomic mass is 127. The lowest BCUT2D eigenvalue weighted by atomic mass is 10.1. The molecule has 1 amide bonds. The first-order valence-corrected chi connectivity index (χ1v) is 9.54. The lowest BCUT2D eigenvalue weighted by Gasteiger charge is -2.13. The van der Waals surface area contributed by atoms with E-state index < -0.39 is 0 Å². The maximum absolute atomic E-state index is 12.6. The van der Waals surface area contributed by atoms with E-state index in [9.17, 15) is 4.79 Å². The van der Waals surface area contributed by atoms with Crippen LogP contribution in [0.4, 0.5) is 0 Å². The van der Waals surface area contributed by atoms with Gasteiger partial charge in [-0.1, -0.05) is 40.8 Å². The quantitative estimate of drug-likeness (QED) is 0.359. The Labute approximate surface area is 160 Å². The first-order chi connectivity index (χ1) is 12.2.